The minimum absolute atomic E-state index is 0. The van der Waals surface area contributed by atoms with Gasteiger partial charge in [0.2, 0.25) is 0 Å². The molecular formula is C20H22ClSi2V. The van der Waals surface area contributed by atoms with Crippen LogP contribution in [0.2, 0.25) is 13.1 Å². The molecule has 0 nitrogen and oxygen atoms in total. The molecule has 0 radical (unpaired) electrons. The van der Waals surface area contributed by atoms with Gasteiger partial charge in [-0.3, -0.25) is 0 Å². The molecular weight excluding hydrogens is 383 g/mol. The smallest absolute Gasteiger partial charge is 1.00 e. The Morgan fingerprint density at radius 1 is 0.708 bits per heavy atom. The molecule has 0 aliphatic heterocycles. The maximum atomic E-state index is 2.52. The van der Waals surface area contributed by atoms with Crippen LogP contribution in [0.3, 0.4) is 0 Å². The summed E-state index contributed by atoms with van der Waals surface area (Å²) in [7, 11) is -0.162. The van der Waals surface area contributed by atoms with E-state index in [1.807, 2.05) is 0 Å². The summed E-state index contributed by atoms with van der Waals surface area (Å²) in [5.74, 6) is 0. The molecule has 0 bridgehead atoms. The molecule has 0 spiro atoms. The Balaban J connectivity index is 0.00000169. The summed E-state index contributed by atoms with van der Waals surface area (Å²) in [5.41, 5.74) is 6.25. The van der Waals surface area contributed by atoms with E-state index in [4.69, 9.17) is 0 Å². The second kappa shape index (κ2) is 7.63. The molecule has 2 unspecified atom stereocenters. The van der Waals surface area contributed by atoms with Gasteiger partial charge < -0.3 is 12.4 Å². The Kier molecular flexibility index (Phi) is 5.73. The molecule has 2 aliphatic rings. The topological polar surface area (TPSA) is 0 Å². The molecule has 4 rings (SSSR count). The summed E-state index contributed by atoms with van der Waals surface area (Å²) in [6.07, 6.45) is 5.05. The first-order valence-corrected chi connectivity index (χ1v) is 14.5. The molecule has 0 N–H and O–H groups in total. The van der Waals surface area contributed by atoms with Crippen molar-refractivity contribution in [1.29, 1.82) is 0 Å². The molecule has 0 amide bonds. The molecule has 2 aromatic rings. The number of fused-ring (bicyclic) bond motifs is 2. The summed E-state index contributed by atoms with van der Waals surface area (Å²) in [6.45, 7) is 4.92. The molecule has 24 heavy (non-hydrogen) atoms. The van der Waals surface area contributed by atoms with Gasteiger partial charge in [-0.2, -0.15) is 0 Å². The van der Waals surface area contributed by atoms with Crippen molar-refractivity contribution in [1.82, 2.24) is 0 Å². The number of allylic oxidation sites excluding steroid dienone is 2. The van der Waals surface area contributed by atoms with E-state index >= 15 is 0 Å². The molecule has 0 saturated heterocycles. The van der Waals surface area contributed by atoms with Gasteiger partial charge in [-0.15, -0.1) is 0 Å². The van der Waals surface area contributed by atoms with E-state index in [0.29, 0.717) is 0 Å². The van der Waals surface area contributed by atoms with Gasteiger partial charge in [-0.05, 0) is 0 Å². The van der Waals surface area contributed by atoms with Gasteiger partial charge in [0, 0.05) is 0 Å². The summed E-state index contributed by atoms with van der Waals surface area (Å²) < 4.78 is 1.53. The third-order valence-electron chi connectivity index (χ3n) is 5.08. The Morgan fingerprint density at radius 2 is 1.12 bits per heavy atom. The number of benzene rings is 2. The van der Waals surface area contributed by atoms with Crippen LogP contribution in [-0.4, -0.2) is 19.0 Å². The zero-order valence-corrected chi connectivity index (χ0v) is 19.1. The van der Waals surface area contributed by atoms with Crippen LogP contribution in [0.25, 0.3) is 12.2 Å². The van der Waals surface area contributed by atoms with Crippen molar-refractivity contribution < 1.29 is 28.7 Å². The van der Waals surface area contributed by atoms with Crippen molar-refractivity contribution in [2.24, 2.45) is 0 Å². The van der Waals surface area contributed by atoms with Gasteiger partial charge >= 0.3 is 151 Å². The average molecular weight is 405 g/mol. The number of hydrogen-bond acceptors (Lipinski definition) is 0. The van der Waals surface area contributed by atoms with E-state index in [9.17, 15) is 0 Å². The molecule has 4 heteroatoms. The average Bonchev–Trinajstić information content (AvgIpc) is 3.14. The SMILES string of the molecule is C[SiH2]C1=Cc2ccccc2[CH]1[V+][CH]1C([SiH2]C)=Cc2ccccc21.[Cl-]. The largest absolute Gasteiger partial charge is 1.00 e. The zero-order valence-electron chi connectivity index (χ0n) is 14.2. The van der Waals surface area contributed by atoms with Gasteiger partial charge in [0.1, 0.15) is 0 Å². The van der Waals surface area contributed by atoms with Crippen LogP contribution < -0.4 is 12.4 Å². The van der Waals surface area contributed by atoms with Crippen LogP contribution in [0.4, 0.5) is 0 Å². The third-order valence-corrected chi connectivity index (χ3v) is 11.9. The molecule has 0 aromatic heterocycles. The van der Waals surface area contributed by atoms with Crippen LogP contribution >= 0.6 is 0 Å². The summed E-state index contributed by atoms with van der Waals surface area (Å²) in [6, 6.07) is 18.2. The van der Waals surface area contributed by atoms with E-state index < -0.39 is 0 Å². The van der Waals surface area contributed by atoms with E-state index in [-0.39, 0.29) is 47.7 Å². The van der Waals surface area contributed by atoms with Crippen LogP contribution in [0, 0.1) is 0 Å². The first kappa shape index (κ1) is 18.0. The second-order valence-corrected chi connectivity index (χ2v) is 11.5. The maximum absolute atomic E-state index is 2.52. The van der Waals surface area contributed by atoms with E-state index in [1.54, 1.807) is 21.5 Å². The van der Waals surface area contributed by atoms with E-state index in [0.717, 1.165) is 9.26 Å². The zero-order chi connectivity index (χ0) is 15.8. The normalized spacial score (nSPS) is 21.6. The fraction of sp³-hybridized carbons (Fsp3) is 0.200. The number of halogens is 1. The Bertz CT molecular complexity index is 745. The van der Waals surface area contributed by atoms with Crippen LogP contribution in [-0.2, 0) is 16.3 Å². The third kappa shape index (κ3) is 3.07. The standard InChI is InChI=1S/2C10H11Si.ClH.V/c2*1-11-10-6-8-4-2-3-5-9(8)7-10;;/h2*2-7H,11H2,1H3;1H;/q;;;+1/p-1. The maximum Gasteiger partial charge on any atom is -1.00 e. The van der Waals surface area contributed by atoms with Crippen molar-refractivity contribution in [3.05, 3.63) is 81.2 Å². The van der Waals surface area contributed by atoms with Crippen molar-refractivity contribution in [3.63, 3.8) is 0 Å². The molecule has 2 atom stereocenters. The fourth-order valence-corrected chi connectivity index (χ4v) is 11.0. The van der Waals surface area contributed by atoms with Gasteiger partial charge in [0.05, 0.1) is 0 Å². The molecule has 0 saturated carbocycles. The summed E-state index contributed by atoms with van der Waals surface area (Å²) >= 11 is 0.258. The van der Waals surface area contributed by atoms with Gasteiger partial charge in [-0.1, -0.05) is 0 Å². The summed E-state index contributed by atoms with van der Waals surface area (Å²) in [4.78, 5) is 0. The predicted molar refractivity (Wildman–Crippen MR) is 103 cm³/mol. The molecule has 0 heterocycles. The van der Waals surface area contributed by atoms with Crippen molar-refractivity contribution in [3.8, 4) is 0 Å². The molecule has 122 valence electrons. The van der Waals surface area contributed by atoms with E-state index in [1.165, 1.54) is 11.1 Å². The quantitative estimate of drug-likeness (QED) is 0.658. The van der Waals surface area contributed by atoms with Crippen LogP contribution in [0.5, 0.6) is 0 Å². The number of rotatable bonds is 4. The Labute approximate surface area is 162 Å². The predicted octanol–water partition coefficient (Wildman–Crippen LogP) is 0.698. The first-order valence-electron chi connectivity index (χ1n) is 8.60. The van der Waals surface area contributed by atoms with Crippen LogP contribution in [0.1, 0.15) is 31.5 Å². The Hall–Kier alpha value is -0.772. The first-order chi connectivity index (χ1) is 11.3. The summed E-state index contributed by atoms with van der Waals surface area (Å²) in [5, 5.41) is 3.60. The van der Waals surface area contributed by atoms with Crippen molar-refractivity contribution in [2.75, 3.05) is 0 Å². The second-order valence-electron chi connectivity index (χ2n) is 6.36. The van der Waals surface area contributed by atoms with Crippen molar-refractivity contribution >= 4 is 31.2 Å². The van der Waals surface area contributed by atoms with Gasteiger partial charge in [0.25, 0.3) is 0 Å². The fourth-order valence-electron chi connectivity index (χ4n) is 3.83. The molecule has 0 fully saturated rings. The number of hydrogen-bond donors (Lipinski definition) is 0. The molecule has 2 aliphatic carbocycles. The molecule has 2 aromatic carbocycles. The minimum Gasteiger partial charge on any atom is -1.00 e. The van der Waals surface area contributed by atoms with Gasteiger partial charge in [-0.25, -0.2) is 0 Å². The Morgan fingerprint density at radius 3 is 1.54 bits per heavy atom. The monoisotopic (exact) mass is 404 g/mol. The minimum atomic E-state index is -0.0812. The van der Waals surface area contributed by atoms with Crippen LogP contribution in [0.15, 0.2) is 58.9 Å². The van der Waals surface area contributed by atoms with Gasteiger partial charge in [0.15, 0.2) is 0 Å². The van der Waals surface area contributed by atoms with E-state index in [2.05, 4.69) is 73.8 Å². The van der Waals surface area contributed by atoms with Crippen molar-refractivity contribution in [2.45, 2.75) is 22.4 Å².